The quantitative estimate of drug-likeness (QED) is 0.333. The molecule has 4 aromatic rings. The average Bonchev–Trinajstić information content (AvgIpc) is 3.37. The molecule has 0 aliphatic heterocycles. The van der Waals surface area contributed by atoms with Crippen LogP contribution in [0.3, 0.4) is 0 Å². The number of anilines is 2. The third kappa shape index (κ3) is 4.24. The molecule has 0 atom stereocenters. The van der Waals surface area contributed by atoms with Crippen molar-refractivity contribution in [1.29, 1.82) is 0 Å². The Morgan fingerprint density at radius 2 is 1.97 bits per heavy atom. The third-order valence-corrected chi connectivity index (χ3v) is 4.01. The molecule has 3 heterocycles. The van der Waals surface area contributed by atoms with E-state index < -0.39 is 0 Å². The van der Waals surface area contributed by atoms with Crippen LogP contribution in [0.25, 0.3) is 17.4 Å². The van der Waals surface area contributed by atoms with Gasteiger partial charge in [-0.1, -0.05) is 12.1 Å². The Hall–Kier alpha value is -4.15. The SMILES string of the molecule is Nc1nc(NCCNC(=O)Cc2ccc(O)cc2)nc2nc(-c3ccco3)nn12. The lowest BCUT2D eigenvalue weighted by atomic mass is 10.1. The number of nitrogens with one attached hydrogen (secondary N) is 2. The number of aromatic nitrogens is 5. The van der Waals surface area contributed by atoms with Crippen LogP contribution in [-0.2, 0) is 11.2 Å². The molecule has 11 heteroatoms. The van der Waals surface area contributed by atoms with Crippen LogP contribution in [0.2, 0.25) is 0 Å². The monoisotopic (exact) mass is 394 g/mol. The lowest BCUT2D eigenvalue weighted by Gasteiger charge is -2.07. The van der Waals surface area contributed by atoms with Gasteiger partial charge in [0.05, 0.1) is 12.7 Å². The number of hydrogen-bond acceptors (Lipinski definition) is 9. The van der Waals surface area contributed by atoms with Crippen molar-refractivity contribution in [2.24, 2.45) is 0 Å². The van der Waals surface area contributed by atoms with E-state index in [1.165, 1.54) is 10.8 Å². The molecule has 0 spiro atoms. The molecular formula is C18H18N8O3. The van der Waals surface area contributed by atoms with Crippen molar-refractivity contribution >= 4 is 23.6 Å². The molecule has 0 saturated heterocycles. The Morgan fingerprint density at radius 1 is 1.14 bits per heavy atom. The van der Waals surface area contributed by atoms with Crippen molar-refractivity contribution < 1.29 is 14.3 Å². The van der Waals surface area contributed by atoms with Crippen molar-refractivity contribution in [3.8, 4) is 17.3 Å². The van der Waals surface area contributed by atoms with Gasteiger partial charge in [0.2, 0.25) is 23.6 Å². The number of nitrogens with zero attached hydrogens (tertiary/aromatic N) is 5. The molecule has 0 unspecified atom stereocenters. The van der Waals surface area contributed by atoms with Gasteiger partial charge in [0.1, 0.15) is 5.75 Å². The Labute approximate surface area is 164 Å². The summed E-state index contributed by atoms with van der Waals surface area (Å²) in [6.45, 7) is 0.770. The van der Waals surface area contributed by atoms with Gasteiger partial charge in [-0.3, -0.25) is 4.79 Å². The van der Waals surface area contributed by atoms with E-state index >= 15 is 0 Å². The molecule has 5 N–H and O–H groups in total. The molecule has 29 heavy (non-hydrogen) atoms. The molecule has 0 aliphatic carbocycles. The second-order valence-corrected chi connectivity index (χ2v) is 6.15. The minimum absolute atomic E-state index is 0.124. The number of nitrogen functional groups attached to an aromatic ring is 1. The third-order valence-electron chi connectivity index (χ3n) is 4.01. The van der Waals surface area contributed by atoms with Crippen LogP contribution in [0.15, 0.2) is 47.1 Å². The van der Waals surface area contributed by atoms with Crippen molar-refractivity contribution in [2.45, 2.75) is 6.42 Å². The van der Waals surface area contributed by atoms with Gasteiger partial charge >= 0.3 is 0 Å². The number of aromatic hydroxyl groups is 1. The number of hydrogen-bond donors (Lipinski definition) is 4. The fourth-order valence-electron chi connectivity index (χ4n) is 2.63. The maximum absolute atomic E-state index is 12.0. The average molecular weight is 394 g/mol. The van der Waals surface area contributed by atoms with Crippen molar-refractivity contribution in [1.82, 2.24) is 29.9 Å². The van der Waals surface area contributed by atoms with Crippen LogP contribution < -0.4 is 16.4 Å². The summed E-state index contributed by atoms with van der Waals surface area (Å²) in [5.74, 6) is 1.57. The molecule has 1 aromatic carbocycles. The molecule has 0 saturated carbocycles. The molecule has 0 radical (unpaired) electrons. The van der Waals surface area contributed by atoms with Crippen LogP contribution in [0.4, 0.5) is 11.9 Å². The second-order valence-electron chi connectivity index (χ2n) is 6.15. The molecule has 0 aliphatic rings. The fourth-order valence-corrected chi connectivity index (χ4v) is 2.63. The zero-order valence-electron chi connectivity index (χ0n) is 15.2. The highest BCUT2D eigenvalue weighted by Crippen LogP contribution is 2.17. The highest BCUT2D eigenvalue weighted by Gasteiger charge is 2.13. The van der Waals surface area contributed by atoms with Gasteiger partial charge in [0.15, 0.2) is 5.76 Å². The van der Waals surface area contributed by atoms with Crippen LogP contribution in [0, 0.1) is 0 Å². The normalized spacial score (nSPS) is 10.9. The maximum Gasteiger partial charge on any atom is 0.259 e. The Balaban J connectivity index is 1.32. The number of amides is 1. The van der Waals surface area contributed by atoms with E-state index in [0.29, 0.717) is 24.7 Å². The Morgan fingerprint density at radius 3 is 2.72 bits per heavy atom. The largest absolute Gasteiger partial charge is 0.508 e. The molecule has 0 bridgehead atoms. The van der Waals surface area contributed by atoms with Crippen LogP contribution in [-0.4, -0.2) is 48.7 Å². The number of carbonyl (C=O) groups is 1. The molecular weight excluding hydrogens is 376 g/mol. The highest BCUT2D eigenvalue weighted by atomic mass is 16.3. The van der Waals surface area contributed by atoms with Crippen molar-refractivity contribution in [3.05, 3.63) is 48.2 Å². The summed E-state index contributed by atoms with van der Waals surface area (Å²) < 4.78 is 6.60. The highest BCUT2D eigenvalue weighted by molar-refractivity contribution is 5.78. The summed E-state index contributed by atoms with van der Waals surface area (Å²) in [5, 5.41) is 19.3. The van der Waals surface area contributed by atoms with Gasteiger partial charge in [0, 0.05) is 13.1 Å². The van der Waals surface area contributed by atoms with E-state index in [0.717, 1.165) is 5.56 Å². The summed E-state index contributed by atoms with van der Waals surface area (Å²) in [6.07, 6.45) is 1.75. The van der Waals surface area contributed by atoms with Crippen molar-refractivity contribution in [3.63, 3.8) is 0 Å². The summed E-state index contributed by atoms with van der Waals surface area (Å²) in [5.41, 5.74) is 6.74. The minimum atomic E-state index is -0.131. The Bertz CT molecular complexity index is 1120. The number of rotatable bonds is 7. The lowest BCUT2D eigenvalue weighted by molar-refractivity contribution is -0.120. The van der Waals surface area contributed by atoms with E-state index in [1.54, 1.807) is 36.4 Å². The number of phenols is 1. The first-order chi connectivity index (χ1) is 14.1. The number of carbonyl (C=O) groups excluding carboxylic acids is 1. The van der Waals surface area contributed by atoms with Crippen LogP contribution in [0.1, 0.15) is 5.56 Å². The lowest BCUT2D eigenvalue weighted by Crippen LogP contribution is -2.30. The molecule has 4 rings (SSSR count). The molecule has 148 valence electrons. The van der Waals surface area contributed by atoms with Crippen molar-refractivity contribution in [2.75, 3.05) is 24.1 Å². The zero-order chi connectivity index (χ0) is 20.2. The van der Waals surface area contributed by atoms with Gasteiger partial charge in [-0.25, -0.2) is 0 Å². The molecule has 11 nitrogen and oxygen atoms in total. The number of benzene rings is 1. The van der Waals surface area contributed by atoms with Crippen LogP contribution >= 0.6 is 0 Å². The summed E-state index contributed by atoms with van der Waals surface area (Å²) >= 11 is 0. The first-order valence-corrected chi connectivity index (χ1v) is 8.81. The summed E-state index contributed by atoms with van der Waals surface area (Å²) in [7, 11) is 0. The first kappa shape index (κ1) is 18.2. The Kier molecular flexibility index (Phi) is 4.93. The predicted molar refractivity (Wildman–Crippen MR) is 104 cm³/mol. The van der Waals surface area contributed by atoms with E-state index in [4.69, 9.17) is 10.2 Å². The van der Waals surface area contributed by atoms with Crippen LogP contribution in [0.5, 0.6) is 5.75 Å². The smallest absolute Gasteiger partial charge is 0.259 e. The standard InChI is InChI=1S/C18H18N8O3/c19-16-23-17(24-18-22-15(25-26(16)18)13-2-1-9-29-13)21-8-7-20-14(28)10-11-3-5-12(27)6-4-11/h1-6,9,27H,7-8,10H2,(H,20,28)(H3,19,21,22,23,24,25). The van der Waals surface area contributed by atoms with Gasteiger partial charge in [-0.05, 0) is 29.8 Å². The van der Waals surface area contributed by atoms with E-state index in [9.17, 15) is 9.90 Å². The van der Waals surface area contributed by atoms with Gasteiger partial charge in [0.25, 0.3) is 5.78 Å². The molecule has 3 aromatic heterocycles. The summed E-state index contributed by atoms with van der Waals surface area (Å²) in [6, 6.07) is 9.97. The molecule has 1 amide bonds. The number of fused-ring (bicyclic) bond motifs is 1. The zero-order valence-corrected chi connectivity index (χ0v) is 15.2. The fraction of sp³-hybridized carbons (Fsp3) is 0.167. The first-order valence-electron chi connectivity index (χ1n) is 8.81. The predicted octanol–water partition coefficient (Wildman–Crippen LogP) is 0.838. The summed E-state index contributed by atoms with van der Waals surface area (Å²) in [4.78, 5) is 24.7. The maximum atomic E-state index is 12.0. The van der Waals surface area contributed by atoms with E-state index in [1.807, 2.05) is 0 Å². The molecule has 0 fully saturated rings. The number of phenolic OH excluding ortho intramolecular Hbond substituents is 1. The number of nitrogens with two attached hydrogens (primary N) is 1. The van der Waals surface area contributed by atoms with E-state index in [2.05, 4.69) is 30.7 Å². The topological polar surface area (TPSA) is 156 Å². The van der Waals surface area contributed by atoms with Gasteiger partial charge < -0.3 is 25.9 Å². The number of furan rings is 1. The second kappa shape index (κ2) is 7.84. The minimum Gasteiger partial charge on any atom is -0.508 e. The van der Waals surface area contributed by atoms with E-state index in [-0.39, 0.29) is 35.8 Å². The van der Waals surface area contributed by atoms with Gasteiger partial charge in [-0.2, -0.15) is 19.5 Å². The van der Waals surface area contributed by atoms with Gasteiger partial charge in [-0.15, -0.1) is 5.10 Å².